The number of benzene rings is 1. The molecule has 4 aromatic rings. The molecule has 1 aromatic carbocycles. The van der Waals surface area contributed by atoms with Crippen LogP contribution in [0.1, 0.15) is 25.3 Å². The largest absolute Gasteiger partial charge is 0.380 e. The van der Waals surface area contributed by atoms with Crippen LogP contribution in [0.3, 0.4) is 0 Å². The van der Waals surface area contributed by atoms with Crippen LogP contribution in [0, 0.1) is 17.1 Å². The second-order valence-electron chi connectivity index (χ2n) is 10.9. The lowest BCUT2D eigenvalue weighted by atomic mass is 9.89. The third kappa shape index (κ3) is 4.79. The summed E-state index contributed by atoms with van der Waals surface area (Å²) >= 11 is 0. The van der Waals surface area contributed by atoms with Gasteiger partial charge < -0.3 is 19.8 Å². The third-order valence-corrected chi connectivity index (χ3v) is 8.25. The summed E-state index contributed by atoms with van der Waals surface area (Å²) in [5.74, 6) is 0.513. The van der Waals surface area contributed by atoms with Crippen molar-refractivity contribution >= 4 is 22.8 Å². The van der Waals surface area contributed by atoms with Gasteiger partial charge in [0.15, 0.2) is 5.65 Å². The van der Waals surface area contributed by atoms with Crippen LogP contribution in [-0.4, -0.2) is 91.7 Å². The van der Waals surface area contributed by atoms with Gasteiger partial charge in [-0.1, -0.05) is 18.2 Å². The average molecular weight is 555 g/mol. The fourth-order valence-corrected chi connectivity index (χ4v) is 5.88. The number of aromatic nitrogens is 4. The Kier molecular flexibility index (Phi) is 6.89. The zero-order chi connectivity index (χ0) is 28.7. The Morgan fingerprint density at radius 2 is 1.88 bits per heavy atom. The lowest BCUT2D eigenvalue weighted by molar-refractivity contribution is -0.158. The predicted molar refractivity (Wildman–Crippen MR) is 152 cm³/mol. The van der Waals surface area contributed by atoms with Crippen molar-refractivity contribution in [2.45, 2.75) is 31.4 Å². The lowest BCUT2D eigenvalue weighted by Gasteiger charge is -2.45. The van der Waals surface area contributed by atoms with Gasteiger partial charge in [0.1, 0.15) is 29.4 Å². The molecule has 5 heterocycles. The Morgan fingerprint density at radius 3 is 2.61 bits per heavy atom. The molecule has 6 rings (SSSR count). The summed E-state index contributed by atoms with van der Waals surface area (Å²) in [6.45, 7) is 4.72. The summed E-state index contributed by atoms with van der Waals surface area (Å²) in [6, 6.07) is 11.8. The number of halogens is 1. The molecule has 2 fully saturated rings. The van der Waals surface area contributed by atoms with Crippen molar-refractivity contribution in [1.82, 2.24) is 29.3 Å². The molecule has 0 saturated carbocycles. The van der Waals surface area contributed by atoms with Crippen LogP contribution in [0.2, 0.25) is 0 Å². The fourth-order valence-electron chi connectivity index (χ4n) is 5.88. The lowest BCUT2D eigenvalue weighted by Crippen LogP contribution is -2.61. The van der Waals surface area contributed by atoms with Crippen molar-refractivity contribution in [3.63, 3.8) is 0 Å². The summed E-state index contributed by atoms with van der Waals surface area (Å²) in [5, 5.41) is 21.3. The Labute approximate surface area is 237 Å². The highest BCUT2D eigenvalue weighted by atomic mass is 19.1. The second-order valence-corrected chi connectivity index (χ2v) is 10.9. The molecule has 0 bridgehead atoms. The molecular formula is C30H31FN8O2. The number of hydrogen-bond acceptors (Lipinski definition) is 8. The van der Waals surface area contributed by atoms with Crippen LogP contribution < -0.4 is 4.90 Å². The van der Waals surface area contributed by atoms with E-state index in [4.69, 9.17) is 0 Å². The number of fused-ring (bicyclic) bond motifs is 1. The van der Waals surface area contributed by atoms with E-state index in [0.29, 0.717) is 84.9 Å². The van der Waals surface area contributed by atoms with Crippen LogP contribution in [0.25, 0.3) is 28.0 Å². The minimum Gasteiger partial charge on any atom is -0.380 e. The zero-order valence-corrected chi connectivity index (χ0v) is 23.0. The SMILES string of the molecule is CC1CN(c2ncnc3c2c(-c2ccccc2F)cn3-c2cc(C#N)ccn2)CCN1C(=O)C1(O)CCN(C)CC1. The number of likely N-dealkylation sites (tertiary alicyclic amines) is 1. The van der Waals surface area contributed by atoms with Gasteiger partial charge in [0.2, 0.25) is 0 Å². The van der Waals surface area contributed by atoms with Crippen LogP contribution in [0.5, 0.6) is 0 Å². The first-order chi connectivity index (χ1) is 19.8. The van der Waals surface area contributed by atoms with Crippen molar-refractivity contribution in [1.29, 1.82) is 5.26 Å². The number of amides is 1. The third-order valence-electron chi connectivity index (χ3n) is 8.25. The molecule has 2 saturated heterocycles. The Bertz CT molecular complexity index is 1660. The molecule has 1 amide bonds. The maximum Gasteiger partial charge on any atom is 0.254 e. The monoisotopic (exact) mass is 554 g/mol. The van der Waals surface area contributed by atoms with Gasteiger partial charge in [-0.05, 0) is 45.0 Å². The number of nitriles is 1. The first kappa shape index (κ1) is 26.8. The van der Waals surface area contributed by atoms with E-state index in [1.807, 2.05) is 14.0 Å². The smallest absolute Gasteiger partial charge is 0.254 e. The Hall–Kier alpha value is -4.40. The van der Waals surface area contributed by atoms with Crippen molar-refractivity contribution in [2.24, 2.45) is 0 Å². The van der Waals surface area contributed by atoms with E-state index in [1.165, 1.54) is 12.4 Å². The van der Waals surface area contributed by atoms with Gasteiger partial charge in [0, 0.05) is 62.3 Å². The van der Waals surface area contributed by atoms with E-state index in [2.05, 4.69) is 30.8 Å². The average Bonchev–Trinajstić information content (AvgIpc) is 3.38. The topological polar surface area (TPSA) is 114 Å². The summed E-state index contributed by atoms with van der Waals surface area (Å²) < 4.78 is 16.9. The molecular weight excluding hydrogens is 523 g/mol. The maximum atomic E-state index is 15.2. The molecule has 11 heteroatoms. The molecule has 210 valence electrons. The number of anilines is 1. The number of rotatable bonds is 4. The standard InChI is InChI=1S/C30H31FN8O2/c1-20-17-37(13-14-38(20)29(40)30(41)8-11-36(2)12-9-30)27-26-23(22-5-3-4-6-24(22)31)18-39(28(26)35-19-34-27)25-15-21(16-32)7-10-33-25/h3-7,10,15,18-20,41H,8-9,11-14,17H2,1-2H3. The number of hydrogen-bond donors (Lipinski definition) is 1. The van der Waals surface area contributed by atoms with E-state index >= 15 is 4.39 Å². The first-order valence-electron chi connectivity index (χ1n) is 13.7. The van der Waals surface area contributed by atoms with Crippen LogP contribution >= 0.6 is 0 Å². The first-order valence-corrected chi connectivity index (χ1v) is 13.7. The summed E-state index contributed by atoms with van der Waals surface area (Å²) in [6.07, 6.45) is 5.64. The van der Waals surface area contributed by atoms with Gasteiger partial charge in [0.25, 0.3) is 5.91 Å². The molecule has 2 aliphatic rings. The van der Waals surface area contributed by atoms with Gasteiger partial charge in [-0.25, -0.2) is 19.3 Å². The predicted octanol–water partition coefficient (Wildman–Crippen LogP) is 2.99. The highest BCUT2D eigenvalue weighted by Crippen LogP contribution is 2.38. The van der Waals surface area contributed by atoms with Crippen molar-refractivity contribution in [3.05, 3.63) is 66.5 Å². The fraction of sp³-hybridized carbons (Fsp3) is 0.367. The molecule has 41 heavy (non-hydrogen) atoms. The van der Waals surface area contributed by atoms with Crippen LogP contribution in [0.4, 0.5) is 10.2 Å². The number of nitrogens with zero attached hydrogens (tertiary/aromatic N) is 8. The maximum absolute atomic E-state index is 15.2. The number of piperidine rings is 1. The van der Waals surface area contributed by atoms with Gasteiger partial charge in [-0.3, -0.25) is 9.36 Å². The molecule has 3 aromatic heterocycles. The minimum absolute atomic E-state index is 0.182. The van der Waals surface area contributed by atoms with E-state index in [9.17, 15) is 15.2 Å². The number of piperazine rings is 1. The molecule has 0 radical (unpaired) electrons. The van der Waals surface area contributed by atoms with Crippen molar-refractivity contribution in [3.8, 4) is 23.0 Å². The summed E-state index contributed by atoms with van der Waals surface area (Å²) in [4.78, 5) is 33.1. The van der Waals surface area contributed by atoms with Gasteiger partial charge >= 0.3 is 0 Å². The van der Waals surface area contributed by atoms with Crippen molar-refractivity contribution in [2.75, 3.05) is 44.7 Å². The molecule has 1 atom stereocenters. The molecule has 10 nitrogen and oxygen atoms in total. The minimum atomic E-state index is -1.34. The van der Waals surface area contributed by atoms with E-state index in [0.717, 1.165) is 0 Å². The highest BCUT2D eigenvalue weighted by Gasteiger charge is 2.44. The zero-order valence-electron chi connectivity index (χ0n) is 23.0. The van der Waals surface area contributed by atoms with Crippen LogP contribution in [-0.2, 0) is 4.79 Å². The molecule has 1 unspecified atom stereocenters. The molecule has 0 spiro atoms. The van der Waals surface area contributed by atoms with E-state index in [1.54, 1.807) is 52.2 Å². The van der Waals surface area contributed by atoms with Gasteiger partial charge in [0.05, 0.1) is 17.0 Å². The summed E-state index contributed by atoms with van der Waals surface area (Å²) in [5.41, 5.74) is 0.632. The van der Waals surface area contributed by atoms with E-state index in [-0.39, 0.29) is 17.8 Å². The van der Waals surface area contributed by atoms with E-state index < -0.39 is 5.60 Å². The van der Waals surface area contributed by atoms with Crippen molar-refractivity contribution < 1.29 is 14.3 Å². The number of aliphatic hydroxyl groups is 1. The Morgan fingerprint density at radius 1 is 1.10 bits per heavy atom. The highest BCUT2D eigenvalue weighted by molar-refractivity contribution is 6.02. The number of pyridine rings is 1. The van der Waals surface area contributed by atoms with Crippen LogP contribution in [0.15, 0.2) is 55.1 Å². The summed E-state index contributed by atoms with van der Waals surface area (Å²) in [7, 11) is 1.99. The molecule has 2 aliphatic heterocycles. The number of carbonyl (C=O) groups excluding carboxylic acids is 1. The molecule has 1 N–H and O–H groups in total. The quantitative estimate of drug-likeness (QED) is 0.410. The molecule has 0 aliphatic carbocycles. The Balaban J connectivity index is 1.39. The number of carbonyl (C=O) groups is 1. The van der Waals surface area contributed by atoms with Gasteiger partial charge in [-0.2, -0.15) is 5.26 Å². The van der Waals surface area contributed by atoms with Gasteiger partial charge in [-0.15, -0.1) is 0 Å². The second kappa shape index (κ2) is 10.5. The normalized spacial score (nSPS) is 19.3.